The Hall–Kier alpha value is -3.24. The molecule has 0 atom stereocenters. The number of hydrogen-bond donors (Lipinski definition) is 1. The van der Waals surface area contributed by atoms with Crippen LogP contribution < -0.4 is 10.9 Å². The first-order valence-corrected chi connectivity index (χ1v) is 11.5. The number of nitrogens with one attached hydrogen (secondary N) is 1. The van der Waals surface area contributed by atoms with Crippen LogP contribution in [0.3, 0.4) is 0 Å². The van der Waals surface area contributed by atoms with E-state index < -0.39 is 4.92 Å². The van der Waals surface area contributed by atoms with Crippen molar-refractivity contribution < 1.29 is 14.5 Å². The van der Waals surface area contributed by atoms with Crippen LogP contribution in [0.2, 0.25) is 0 Å². The zero-order chi connectivity index (χ0) is 24.0. The summed E-state index contributed by atoms with van der Waals surface area (Å²) in [6.07, 6.45) is 0. The van der Waals surface area contributed by atoms with Crippen LogP contribution in [0, 0.1) is 16.0 Å². The summed E-state index contributed by atoms with van der Waals surface area (Å²) in [6.45, 7) is 5.33. The number of nitro benzene ring substituents is 1. The first-order valence-electron chi connectivity index (χ1n) is 10.5. The minimum Gasteiger partial charge on any atom is -0.383 e. The van der Waals surface area contributed by atoms with Gasteiger partial charge in [0.1, 0.15) is 0 Å². The minimum atomic E-state index is -0.439. The maximum absolute atomic E-state index is 13.2. The van der Waals surface area contributed by atoms with E-state index in [1.807, 2.05) is 13.8 Å². The van der Waals surface area contributed by atoms with E-state index in [0.717, 1.165) is 5.56 Å². The number of nitro groups is 1. The second-order valence-electron chi connectivity index (χ2n) is 7.90. The lowest BCUT2D eigenvalue weighted by Gasteiger charge is -2.15. The van der Waals surface area contributed by atoms with Crippen molar-refractivity contribution in [3.8, 4) is 0 Å². The molecule has 0 radical (unpaired) electrons. The summed E-state index contributed by atoms with van der Waals surface area (Å²) in [5, 5.41) is 14.6. The van der Waals surface area contributed by atoms with Crippen LogP contribution in [0.4, 0.5) is 5.69 Å². The summed E-state index contributed by atoms with van der Waals surface area (Å²) in [5.74, 6) is 0.458. The highest BCUT2D eigenvalue weighted by Crippen LogP contribution is 2.24. The van der Waals surface area contributed by atoms with Crippen LogP contribution in [0.25, 0.3) is 10.9 Å². The predicted octanol–water partition coefficient (Wildman–Crippen LogP) is 3.63. The second-order valence-corrected chi connectivity index (χ2v) is 8.84. The number of ether oxygens (including phenoxy) is 1. The number of amides is 1. The van der Waals surface area contributed by atoms with Gasteiger partial charge >= 0.3 is 0 Å². The number of fused-ring (bicyclic) bond motifs is 1. The van der Waals surface area contributed by atoms with E-state index in [1.54, 1.807) is 42.0 Å². The molecule has 0 bridgehead atoms. The molecule has 2 aromatic carbocycles. The molecular weight excluding hydrogens is 444 g/mol. The van der Waals surface area contributed by atoms with Gasteiger partial charge in [0.25, 0.3) is 17.2 Å². The predicted molar refractivity (Wildman–Crippen MR) is 128 cm³/mol. The quantitative estimate of drug-likeness (QED) is 0.158. The summed E-state index contributed by atoms with van der Waals surface area (Å²) in [4.78, 5) is 40.8. The third-order valence-electron chi connectivity index (χ3n) is 4.84. The van der Waals surface area contributed by atoms with Crippen molar-refractivity contribution >= 4 is 34.3 Å². The first kappa shape index (κ1) is 24.4. The molecule has 0 unspecified atom stereocenters. The van der Waals surface area contributed by atoms with Gasteiger partial charge < -0.3 is 10.1 Å². The lowest BCUT2D eigenvalue weighted by molar-refractivity contribution is -0.384. The van der Waals surface area contributed by atoms with Gasteiger partial charge in [0, 0.05) is 43.6 Å². The highest BCUT2D eigenvalue weighted by atomic mass is 32.2. The van der Waals surface area contributed by atoms with Gasteiger partial charge in [-0.1, -0.05) is 37.7 Å². The molecular formula is C23H26N4O5S. The molecule has 0 aliphatic carbocycles. The van der Waals surface area contributed by atoms with Crippen molar-refractivity contribution in [3.63, 3.8) is 0 Å². The van der Waals surface area contributed by atoms with Gasteiger partial charge in [-0.3, -0.25) is 24.3 Å². The molecule has 1 amide bonds. The lowest BCUT2D eigenvalue weighted by Crippen LogP contribution is -2.28. The zero-order valence-corrected chi connectivity index (χ0v) is 19.6. The number of non-ortho nitro benzene ring substituents is 1. The average Bonchev–Trinajstić information content (AvgIpc) is 2.79. The van der Waals surface area contributed by atoms with E-state index in [0.29, 0.717) is 47.1 Å². The van der Waals surface area contributed by atoms with Gasteiger partial charge in [0.05, 0.1) is 22.4 Å². The van der Waals surface area contributed by atoms with Crippen molar-refractivity contribution in [3.05, 3.63) is 74.1 Å². The first-order chi connectivity index (χ1) is 15.8. The fourth-order valence-corrected chi connectivity index (χ4v) is 4.17. The molecule has 174 valence electrons. The highest BCUT2D eigenvalue weighted by molar-refractivity contribution is 7.98. The number of aromatic nitrogens is 2. The molecule has 0 spiro atoms. The van der Waals surface area contributed by atoms with Crippen molar-refractivity contribution in [2.24, 2.45) is 5.92 Å². The Morgan fingerprint density at radius 2 is 1.97 bits per heavy atom. The summed E-state index contributed by atoms with van der Waals surface area (Å²) in [5.41, 5.74) is 1.61. The van der Waals surface area contributed by atoms with Gasteiger partial charge in [-0.15, -0.1) is 0 Å². The molecule has 0 saturated carbocycles. The number of hydrogen-bond acceptors (Lipinski definition) is 7. The molecule has 1 aromatic heterocycles. The average molecular weight is 471 g/mol. The molecule has 9 nitrogen and oxygen atoms in total. The summed E-state index contributed by atoms with van der Waals surface area (Å²) in [6, 6.07) is 11.2. The molecule has 0 aliphatic heterocycles. The third-order valence-corrected chi connectivity index (χ3v) is 5.88. The largest absolute Gasteiger partial charge is 0.383 e. The van der Waals surface area contributed by atoms with E-state index >= 15 is 0 Å². The molecule has 0 fully saturated rings. The normalized spacial score (nSPS) is 11.2. The summed E-state index contributed by atoms with van der Waals surface area (Å²) in [7, 11) is 1.56. The van der Waals surface area contributed by atoms with E-state index in [9.17, 15) is 19.7 Å². The Morgan fingerprint density at radius 1 is 1.24 bits per heavy atom. The summed E-state index contributed by atoms with van der Waals surface area (Å²) >= 11 is 1.38. The van der Waals surface area contributed by atoms with Gasteiger partial charge in [0.15, 0.2) is 5.16 Å². The fourth-order valence-electron chi connectivity index (χ4n) is 3.21. The smallest absolute Gasteiger partial charge is 0.269 e. The maximum Gasteiger partial charge on any atom is 0.269 e. The number of carbonyl (C=O) groups excluding carboxylic acids is 1. The molecule has 0 aliphatic rings. The van der Waals surface area contributed by atoms with Gasteiger partial charge in [-0.25, -0.2) is 4.98 Å². The Balaban J connectivity index is 1.93. The van der Waals surface area contributed by atoms with Crippen LogP contribution >= 0.6 is 11.8 Å². The number of methoxy groups -OCH3 is 1. The maximum atomic E-state index is 13.2. The van der Waals surface area contributed by atoms with Crippen LogP contribution in [-0.4, -0.2) is 40.6 Å². The van der Waals surface area contributed by atoms with Crippen molar-refractivity contribution in [2.75, 3.05) is 20.3 Å². The van der Waals surface area contributed by atoms with Gasteiger partial charge in [-0.05, 0) is 29.7 Å². The van der Waals surface area contributed by atoms with Crippen LogP contribution in [0.1, 0.15) is 29.8 Å². The number of rotatable bonds is 10. The van der Waals surface area contributed by atoms with Crippen molar-refractivity contribution in [2.45, 2.75) is 31.3 Å². The van der Waals surface area contributed by atoms with Gasteiger partial charge in [0.2, 0.25) is 0 Å². The monoisotopic (exact) mass is 470 g/mol. The number of carbonyl (C=O) groups is 1. The Kier molecular flexibility index (Phi) is 8.18. The number of benzene rings is 2. The number of thioether (sulfide) groups is 1. The molecule has 3 aromatic rings. The Labute approximate surface area is 195 Å². The Morgan fingerprint density at radius 3 is 2.61 bits per heavy atom. The lowest BCUT2D eigenvalue weighted by atomic mass is 10.1. The van der Waals surface area contributed by atoms with Crippen LogP contribution in [0.15, 0.2) is 52.4 Å². The molecule has 33 heavy (non-hydrogen) atoms. The zero-order valence-electron chi connectivity index (χ0n) is 18.7. The van der Waals surface area contributed by atoms with E-state index in [1.165, 1.54) is 23.9 Å². The second kappa shape index (κ2) is 11.1. The topological polar surface area (TPSA) is 116 Å². The number of nitrogens with zero attached hydrogens (tertiary/aromatic N) is 3. The van der Waals surface area contributed by atoms with E-state index in [-0.39, 0.29) is 23.1 Å². The van der Waals surface area contributed by atoms with Crippen molar-refractivity contribution in [1.82, 2.24) is 14.9 Å². The standard InChI is InChI=1S/C23H26N4O5S/c1-15(2)13-26-22(29)19-9-6-17(21(28)24-10-11-32-3)12-20(19)25-23(26)33-14-16-4-7-18(8-5-16)27(30)31/h4-9,12,15H,10-11,13-14H2,1-3H3,(H,24,28). The van der Waals surface area contributed by atoms with E-state index in [2.05, 4.69) is 5.32 Å². The minimum absolute atomic E-state index is 0.0283. The fraction of sp³-hybridized carbons (Fsp3) is 0.348. The molecule has 0 saturated heterocycles. The van der Waals surface area contributed by atoms with Crippen LogP contribution in [-0.2, 0) is 17.0 Å². The molecule has 1 N–H and O–H groups in total. The highest BCUT2D eigenvalue weighted by Gasteiger charge is 2.15. The SMILES string of the molecule is COCCNC(=O)c1ccc2c(=O)n(CC(C)C)c(SCc3ccc([N+](=O)[O-])cc3)nc2c1. The molecule has 10 heteroatoms. The Bertz CT molecular complexity index is 1210. The summed E-state index contributed by atoms with van der Waals surface area (Å²) < 4.78 is 6.60. The molecule has 3 rings (SSSR count). The third kappa shape index (κ3) is 6.17. The van der Waals surface area contributed by atoms with Crippen molar-refractivity contribution in [1.29, 1.82) is 0 Å². The molecule has 1 heterocycles. The van der Waals surface area contributed by atoms with E-state index in [4.69, 9.17) is 9.72 Å². The van der Waals surface area contributed by atoms with Crippen LogP contribution in [0.5, 0.6) is 0 Å². The van der Waals surface area contributed by atoms with Gasteiger partial charge in [-0.2, -0.15) is 0 Å².